The van der Waals surface area contributed by atoms with Gasteiger partial charge in [-0.2, -0.15) is 18.3 Å². The number of aromatic nitrogens is 2. The van der Waals surface area contributed by atoms with Gasteiger partial charge >= 0.3 is 6.18 Å². The van der Waals surface area contributed by atoms with Crippen LogP contribution in [0.2, 0.25) is 0 Å². The lowest BCUT2D eigenvalue weighted by molar-refractivity contribution is -0.137. The van der Waals surface area contributed by atoms with Crippen molar-refractivity contribution in [3.63, 3.8) is 0 Å². The lowest BCUT2D eigenvalue weighted by Crippen LogP contribution is -2.33. The van der Waals surface area contributed by atoms with Crippen molar-refractivity contribution in [2.24, 2.45) is 0 Å². The highest BCUT2D eigenvalue weighted by Gasteiger charge is 2.31. The summed E-state index contributed by atoms with van der Waals surface area (Å²) in [6.45, 7) is -1.03. The van der Waals surface area contributed by atoms with E-state index in [0.29, 0.717) is 12.2 Å². The number of amides is 1. The van der Waals surface area contributed by atoms with Gasteiger partial charge in [-0.25, -0.2) is 4.39 Å². The molecule has 2 unspecified atom stereocenters. The summed E-state index contributed by atoms with van der Waals surface area (Å²) in [4.78, 5) is 11.1. The van der Waals surface area contributed by atoms with Crippen molar-refractivity contribution in [1.82, 2.24) is 15.5 Å². The quantitative estimate of drug-likeness (QED) is 0.700. The Kier molecular flexibility index (Phi) is 5.15. The summed E-state index contributed by atoms with van der Waals surface area (Å²) in [5.74, 6) is -0.0767. The largest absolute Gasteiger partial charge is 0.416 e. The molecule has 3 N–H and O–H groups in total. The molecule has 1 heterocycles. The van der Waals surface area contributed by atoms with Gasteiger partial charge in [0.05, 0.1) is 5.56 Å². The Labute approximate surface area is 147 Å². The lowest BCUT2D eigenvalue weighted by atomic mass is 10.0. The van der Waals surface area contributed by atoms with Crippen LogP contribution in [0.5, 0.6) is 0 Å². The molecule has 1 aromatic carbocycles. The number of rotatable bonds is 5. The zero-order valence-corrected chi connectivity index (χ0v) is 13.7. The van der Waals surface area contributed by atoms with Gasteiger partial charge in [0, 0.05) is 29.4 Å². The summed E-state index contributed by atoms with van der Waals surface area (Å²) >= 11 is 0. The molecular formula is C17H18F4N4O. The molecule has 0 bridgehead atoms. The first-order chi connectivity index (χ1) is 12.3. The van der Waals surface area contributed by atoms with Gasteiger partial charge in [-0.3, -0.25) is 9.89 Å². The molecule has 1 aromatic heterocycles. The van der Waals surface area contributed by atoms with Crippen molar-refractivity contribution < 1.29 is 22.4 Å². The second kappa shape index (κ2) is 7.35. The highest BCUT2D eigenvalue weighted by Crippen LogP contribution is 2.35. The van der Waals surface area contributed by atoms with Gasteiger partial charge in [-0.1, -0.05) is 6.07 Å². The summed E-state index contributed by atoms with van der Waals surface area (Å²) in [5, 5.41) is 12.4. The molecule has 2 aromatic rings. The molecule has 0 saturated heterocycles. The second-order valence-electron chi connectivity index (χ2n) is 6.32. The summed E-state index contributed by atoms with van der Waals surface area (Å²) in [6, 6.07) is 6.55. The van der Waals surface area contributed by atoms with Gasteiger partial charge < -0.3 is 10.6 Å². The molecule has 1 aliphatic rings. The molecule has 1 amide bonds. The fourth-order valence-electron chi connectivity index (χ4n) is 3.19. The van der Waals surface area contributed by atoms with Gasteiger partial charge in [0.1, 0.15) is 0 Å². The third-order valence-electron chi connectivity index (χ3n) is 4.42. The highest BCUT2D eigenvalue weighted by molar-refractivity contribution is 5.77. The number of carbonyl (C=O) groups is 1. The van der Waals surface area contributed by atoms with Crippen LogP contribution in [0, 0.1) is 0 Å². The second-order valence-corrected chi connectivity index (χ2v) is 6.32. The van der Waals surface area contributed by atoms with Crippen LogP contribution >= 0.6 is 0 Å². The monoisotopic (exact) mass is 370 g/mol. The van der Waals surface area contributed by atoms with E-state index >= 15 is 0 Å². The van der Waals surface area contributed by atoms with E-state index < -0.39 is 24.3 Å². The van der Waals surface area contributed by atoms with Crippen LogP contribution in [-0.2, 0) is 11.0 Å². The summed E-state index contributed by atoms with van der Waals surface area (Å²) < 4.78 is 50.6. The molecule has 140 valence electrons. The molecule has 1 fully saturated rings. The SMILES string of the molecule is O=C(CF)NC1CCC(c2cc(Nc3cccc(C(F)(F)F)c3)n[nH]2)C1. The van der Waals surface area contributed by atoms with Crippen LogP contribution < -0.4 is 10.6 Å². The maximum absolute atomic E-state index is 12.8. The molecule has 26 heavy (non-hydrogen) atoms. The Hall–Kier alpha value is -2.58. The van der Waals surface area contributed by atoms with Crippen LogP contribution in [0.25, 0.3) is 0 Å². The number of alkyl halides is 4. The number of H-pyrrole nitrogens is 1. The minimum absolute atomic E-state index is 0.0774. The number of halogens is 4. The number of nitrogens with zero attached hydrogens (tertiary/aromatic N) is 1. The van der Waals surface area contributed by atoms with Gasteiger partial charge in [-0.15, -0.1) is 0 Å². The predicted octanol–water partition coefficient (Wildman–Crippen LogP) is 3.89. The fourth-order valence-corrected chi connectivity index (χ4v) is 3.19. The van der Waals surface area contributed by atoms with Crippen molar-refractivity contribution in [3.05, 3.63) is 41.6 Å². The Morgan fingerprint density at radius 1 is 1.27 bits per heavy atom. The Bertz CT molecular complexity index is 774. The van der Waals surface area contributed by atoms with Gasteiger partial charge in [0.15, 0.2) is 12.5 Å². The number of carbonyl (C=O) groups excluding carboxylic acids is 1. The first kappa shape index (κ1) is 18.2. The first-order valence-corrected chi connectivity index (χ1v) is 8.20. The van der Waals surface area contributed by atoms with E-state index in [9.17, 15) is 22.4 Å². The topological polar surface area (TPSA) is 69.8 Å². The number of hydrogen-bond acceptors (Lipinski definition) is 3. The normalized spacial score (nSPS) is 20.2. The molecule has 2 atom stereocenters. The average molecular weight is 370 g/mol. The van der Waals surface area contributed by atoms with Crippen LogP contribution in [-0.4, -0.2) is 28.8 Å². The minimum atomic E-state index is -4.41. The Morgan fingerprint density at radius 2 is 2.08 bits per heavy atom. The van der Waals surface area contributed by atoms with E-state index in [0.717, 1.165) is 30.7 Å². The van der Waals surface area contributed by atoms with Crippen molar-refractivity contribution in [2.75, 3.05) is 12.0 Å². The van der Waals surface area contributed by atoms with Crippen LogP contribution in [0.3, 0.4) is 0 Å². The molecule has 3 rings (SSSR count). The molecule has 9 heteroatoms. The summed E-state index contributed by atoms with van der Waals surface area (Å²) in [6.07, 6.45) is -2.19. The standard InChI is InChI=1S/C17H18F4N4O/c18-9-16(26)23-13-5-4-10(6-13)14-8-15(25-24-14)22-12-3-1-2-11(7-12)17(19,20)21/h1-3,7-8,10,13H,4-6,9H2,(H,23,26)(H2,22,24,25). The van der Waals surface area contributed by atoms with Gasteiger partial charge in [0.25, 0.3) is 5.91 Å². The molecule has 0 spiro atoms. The number of hydrogen-bond donors (Lipinski definition) is 3. The molecule has 1 aliphatic carbocycles. The van der Waals surface area contributed by atoms with Gasteiger partial charge in [-0.05, 0) is 37.5 Å². The molecular weight excluding hydrogens is 352 g/mol. The van der Waals surface area contributed by atoms with Crippen LogP contribution in [0.15, 0.2) is 30.3 Å². The van der Waals surface area contributed by atoms with E-state index in [2.05, 4.69) is 20.8 Å². The lowest BCUT2D eigenvalue weighted by Gasteiger charge is -2.11. The molecule has 1 saturated carbocycles. The Morgan fingerprint density at radius 3 is 2.81 bits per heavy atom. The van der Waals surface area contributed by atoms with E-state index in [4.69, 9.17) is 0 Å². The summed E-state index contributed by atoms with van der Waals surface area (Å²) in [5.41, 5.74) is 0.384. The predicted molar refractivity (Wildman–Crippen MR) is 87.8 cm³/mol. The van der Waals surface area contributed by atoms with E-state index in [-0.39, 0.29) is 17.6 Å². The molecule has 5 nitrogen and oxygen atoms in total. The van der Waals surface area contributed by atoms with Crippen molar-refractivity contribution >= 4 is 17.4 Å². The van der Waals surface area contributed by atoms with Crippen molar-refractivity contribution in [1.29, 1.82) is 0 Å². The fraction of sp³-hybridized carbons (Fsp3) is 0.412. The van der Waals surface area contributed by atoms with Gasteiger partial charge in [0.2, 0.25) is 0 Å². The zero-order valence-electron chi connectivity index (χ0n) is 13.7. The minimum Gasteiger partial charge on any atom is -0.351 e. The maximum Gasteiger partial charge on any atom is 0.416 e. The van der Waals surface area contributed by atoms with Crippen molar-refractivity contribution in [2.45, 2.75) is 37.4 Å². The number of nitrogens with one attached hydrogen (secondary N) is 3. The number of benzene rings is 1. The maximum atomic E-state index is 12.8. The third kappa shape index (κ3) is 4.33. The van der Waals surface area contributed by atoms with Crippen LogP contribution in [0.1, 0.15) is 36.4 Å². The van der Waals surface area contributed by atoms with Crippen LogP contribution in [0.4, 0.5) is 29.1 Å². The zero-order chi connectivity index (χ0) is 18.7. The smallest absolute Gasteiger partial charge is 0.351 e. The van der Waals surface area contributed by atoms with E-state index in [1.807, 2.05) is 0 Å². The number of aromatic amines is 1. The average Bonchev–Trinajstić information content (AvgIpc) is 3.23. The Balaban J connectivity index is 1.63. The third-order valence-corrected chi connectivity index (χ3v) is 4.42. The summed E-state index contributed by atoms with van der Waals surface area (Å²) in [7, 11) is 0. The number of anilines is 2. The first-order valence-electron chi connectivity index (χ1n) is 8.20. The molecule has 0 radical (unpaired) electrons. The highest BCUT2D eigenvalue weighted by atomic mass is 19.4. The van der Waals surface area contributed by atoms with E-state index in [1.54, 1.807) is 6.07 Å². The molecule has 0 aliphatic heterocycles. The van der Waals surface area contributed by atoms with E-state index in [1.165, 1.54) is 12.1 Å². The van der Waals surface area contributed by atoms with Crippen molar-refractivity contribution in [3.8, 4) is 0 Å².